The molecule has 1 aromatic heterocycles. The van der Waals surface area contributed by atoms with Crippen molar-refractivity contribution in [1.29, 1.82) is 0 Å². The van der Waals surface area contributed by atoms with Gasteiger partial charge in [-0.15, -0.1) is 0 Å². The summed E-state index contributed by atoms with van der Waals surface area (Å²) >= 11 is 0. The van der Waals surface area contributed by atoms with Gasteiger partial charge in [-0.3, -0.25) is 14.2 Å². The smallest absolute Gasteiger partial charge is 0.347 e. The summed E-state index contributed by atoms with van der Waals surface area (Å²) in [6.45, 7) is 5.11. The molecule has 1 aliphatic heterocycles. The minimum absolute atomic E-state index is 0.157. The van der Waals surface area contributed by atoms with E-state index in [0.29, 0.717) is 31.6 Å². The zero-order valence-corrected chi connectivity index (χ0v) is 15.1. The van der Waals surface area contributed by atoms with Gasteiger partial charge in [0.25, 0.3) is 5.91 Å². The van der Waals surface area contributed by atoms with Crippen molar-refractivity contribution in [3.8, 4) is 0 Å². The first-order valence-electron chi connectivity index (χ1n) is 8.97. The molecule has 0 atom stereocenters. The Kier molecular flexibility index (Phi) is 5.80. The van der Waals surface area contributed by atoms with Gasteiger partial charge < -0.3 is 10.2 Å². The summed E-state index contributed by atoms with van der Waals surface area (Å²) in [5.41, 5.74) is 1.96. The van der Waals surface area contributed by atoms with Gasteiger partial charge in [0, 0.05) is 43.3 Å². The van der Waals surface area contributed by atoms with Gasteiger partial charge in [0.2, 0.25) is 5.91 Å². The summed E-state index contributed by atoms with van der Waals surface area (Å²) in [6, 6.07) is 7.13. The molecule has 0 fully saturated rings. The minimum atomic E-state index is -0.298. The monoisotopic (exact) mass is 366 g/mol. The lowest BCUT2D eigenvalue weighted by atomic mass is 9.95. The largest absolute Gasteiger partial charge is 0.352 e. The van der Waals surface area contributed by atoms with Gasteiger partial charge in [0.15, 0.2) is 0 Å². The van der Waals surface area contributed by atoms with E-state index in [1.807, 2.05) is 6.07 Å². The lowest BCUT2D eigenvalue weighted by Gasteiger charge is -2.29. The van der Waals surface area contributed by atoms with Crippen molar-refractivity contribution in [2.24, 2.45) is 0 Å². The minimum Gasteiger partial charge on any atom is -0.352 e. The van der Waals surface area contributed by atoms with Crippen molar-refractivity contribution in [3.63, 3.8) is 0 Å². The molecule has 0 radical (unpaired) electrons. The summed E-state index contributed by atoms with van der Waals surface area (Å²) in [4.78, 5) is 41.6. The van der Waals surface area contributed by atoms with Gasteiger partial charge in [0.05, 0.1) is 0 Å². The van der Waals surface area contributed by atoms with E-state index < -0.39 is 0 Å². The van der Waals surface area contributed by atoms with E-state index in [0.717, 1.165) is 24.1 Å². The van der Waals surface area contributed by atoms with Crippen LogP contribution in [0, 0.1) is 0 Å². The average Bonchev–Trinajstić information content (AvgIpc) is 2.70. The molecule has 1 N–H and O–H groups in total. The van der Waals surface area contributed by atoms with Crippen LogP contribution in [-0.4, -0.2) is 34.5 Å². The number of nitrogens with zero attached hydrogens (tertiary/aromatic N) is 3. The number of aryl methyl sites for hydroxylation is 1. The molecule has 7 heteroatoms. The number of aromatic nitrogens is 2. The molecule has 0 aliphatic carbocycles. The number of anilines is 1. The first-order chi connectivity index (χ1) is 13.1. The van der Waals surface area contributed by atoms with Crippen LogP contribution >= 0.6 is 0 Å². The number of carbonyl (C=O) groups is 2. The molecule has 0 unspecified atom stereocenters. The molecule has 0 saturated heterocycles. The molecule has 0 bridgehead atoms. The van der Waals surface area contributed by atoms with Crippen molar-refractivity contribution in [2.75, 3.05) is 18.0 Å². The van der Waals surface area contributed by atoms with E-state index in [9.17, 15) is 14.4 Å². The van der Waals surface area contributed by atoms with Crippen LogP contribution in [0.25, 0.3) is 0 Å². The Morgan fingerprint density at radius 2 is 2.15 bits per heavy atom. The highest BCUT2D eigenvalue weighted by molar-refractivity contribution is 6.04. The second-order valence-corrected chi connectivity index (χ2v) is 6.31. The Morgan fingerprint density at radius 3 is 2.93 bits per heavy atom. The van der Waals surface area contributed by atoms with Crippen molar-refractivity contribution < 1.29 is 9.59 Å². The molecule has 3 rings (SSSR count). The predicted molar refractivity (Wildman–Crippen MR) is 103 cm³/mol. The summed E-state index contributed by atoms with van der Waals surface area (Å²) in [5.74, 6) is -0.325. The lowest BCUT2D eigenvalue weighted by Crippen LogP contribution is -2.35. The van der Waals surface area contributed by atoms with E-state index in [1.165, 1.54) is 16.8 Å². The Hall–Kier alpha value is -3.22. The third kappa shape index (κ3) is 4.13. The third-order valence-electron chi connectivity index (χ3n) is 4.58. The summed E-state index contributed by atoms with van der Waals surface area (Å²) < 4.78 is 1.51. The quantitative estimate of drug-likeness (QED) is 0.621. The maximum Gasteiger partial charge on any atom is 0.347 e. The maximum atomic E-state index is 12.6. The molecular formula is C20H22N4O3. The Labute approximate surface area is 157 Å². The lowest BCUT2D eigenvalue weighted by molar-refractivity contribution is -0.114. The van der Waals surface area contributed by atoms with Crippen LogP contribution in [0.5, 0.6) is 0 Å². The Balaban J connectivity index is 1.65. The average molecular weight is 366 g/mol. The van der Waals surface area contributed by atoms with Gasteiger partial charge in [-0.05, 0) is 49.1 Å². The fourth-order valence-corrected chi connectivity index (χ4v) is 3.28. The molecule has 2 aromatic rings. The van der Waals surface area contributed by atoms with Crippen molar-refractivity contribution >= 4 is 17.5 Å². The van der Waals surface area contributed by atoms with Gasteiger partial charge in [-0.25, -0.2) is 9.78 Å². The molecule has 0 spiro atoms. The van der Waals surface area contributed by atoms with Crippen molar-refractivity contribution in [1.82, 2.24) is 14.9 Å². The van der Waals surface area contributed by atoms with Crippen LogP contribution in [0.3, 0.4) is 0 Å². The molecule has 27 heavy (non-hydrogen) atoms. The van der Waals surface area contributed by atoms with E-state index in [2.05, 4.69) is 16.9 Å². The van der Waals surface area contributed by atoms with Gasteiger partial charge in [-0.1, -0.05) is 12.6 Å². The molecule has 1 aromatic carbocycles. The highest BCUT2D eigenvalue weighted by atomic mass is 16.2. The second-order valence-electron chi connectivity index (χ2n) is 6.31. The number of benzene rings is 1. The number of hydrogen-bond donors (Lipinski definition) is 1. The molecule has 0 saturated carbocycles. The van der Waals surface area contributed by atoms with Gasteiger partial charge in [0.1, 0.15) is 0 Å². The molecule has 140 valence electrons. The molecule has 1 aliphatic rings. The van der Waals surface area contributed by atoms with Crippen LogP contribution in [0.1, 0.15) is 28.8 Å². The van der Waals surface area contributed by atoms with Crippen molar-refractivity contribution in [2.45, 2.75) is 25.8 Å². The molecule has 2 heterocycles. The van der Waals surface area contributed by atoms with Crippen LogP contribution in [0.4, 0.5) is 5.69 Å². The van der Waals surface area contributed by atoms with Crippen LogP contribution in [0.15, 0.2) is 54.1 Å². The summed E-state index contributed by atoms with van der Waals surface area (Å²) in [7, 11) is 0. The fraction of sp³-hybridized carbons (Fsp3) is 0.300. The highest BCUT2D eigenvalue weighted by Crippen LogP contribution is 2.30. The van der Waals surface area contributed by atoms with E-state index >= 15 is 0 Å². The molecular weight excluding hydrogens is 344 g/mol. The van der Waals surface area contributed by atoms with Crippen LogP contribution in [-0.2, 0) is 17.8 Å². The Bertz CT molecular complexity index is 919. The summed E-state index contributed by atoms with van der Waals surface area (Å²) in [6.07, 6.45) is 6.61. The predicted octanol–water partition coefficient (Wildman–Crippen LogP) is 1.53. The van der Waals surface area contributed by atoms with Crippen LogP contribution in [0.2, 0.25) is 0 Å². The number of fused-ring (bicyclic) bond motifs is 1. The summed E-state index contributed by atoms with van der Waals surface area (Å²) in [5, 5.41) is 2.90. The van der Waals surface area contributed by atoms with Gasteiger partial charge >= 0.3 is 5.69 Å². The fourth-order valence-electron chi connectivity index (χ4n) is 3.28. The van der Waals surface area contributed by atoms with Crippen molar-refractivity contribution in [3.05, 3.63) is 70.9 Å². The van der Waals surface area contributed by atoms with E-state index in [4.69, 9.17) is 0 Å². The number of carbonyl (C=O) groups excluding carboxylic acids is 2. The Morgan fingerprint density at radius 1 is 1.30 bits per heavy atom. The third-order valence-corrected chi connectivity index (χ3v) is 4.58. The SMILES string of the molecule is C=CC(=O)N1CCCc2c(C(=O)NCCCn3cccnc3=O)cccc21. The molecule has 7 nitrogen and oxygen atoms in total. The number of nitrogens with one attached hydrogen (secondary N) is 1. The first kappa shape index (κ1) is 18.6. The highest BCUT2D eigenvalue weighted by Gasteiger charge is 2.24. The van der Waals surface area contributed by atoms with E-state index in [-0.39, 0.29) is 17.5 Å². The van der Waals surface area contributed by atoms with E-state index in [1.54, 1.807) is 29.3 Å². The topological polar surface area (TPSA) is 84.3 Å². The standard InChI is InChI=1S/C20H22N4O3/c1-2-18(25)24-14-4-8-15-16(7-3-9-17(15)24)19(26)21-10-5-12-23-13-6-11-22-20(23)27/h2-3,6-7,9,11,13H,1,4-5,8,10,12,14H2,(H,21,26). The second kappa shape index (κ2) is 8.44. The zero-order valence-electron chi connectivity index (χ0n) is 15.1. The van der Waals surface area contributed by atoms with Gasteiger partial charge in [-0.2, -0.15) is 0 Å². The van der Waals surface area contributed by atoms with Crippen LogP contribution < -0.4 is 15.9 Å². The number of rotatable bonds is 6. The number of hydrogen-bond acceptors (Lipinski definition) is 4. The maximum absolute atomic E-state index is 12.6. The number of amides is 2. The normalized spacial score (nSPS) is 13.0. The zero-order chi connectivity index (χ0) is 19.2. The first-order valence-corrected chi connectivity index (χ1v) is 8.97. The molecule has 2 amide bonds.